The molecule has 32 heavy (non-hydrogen) atoms. The summed E-state index contributed by atoms with van der Waals surface area (Å²) in [5, 5.41) is 4.33. The van der Waals surface area contributed by atoms with Crippen LogP contribution >= 0.6 is 23.2 Å². The van der Waals surface area contributed by atoms with Crippen molar-refractivity contribution < 1.29 is 4.79 Å². The third kappa shape index (κ3) is 4.85. The predicted octanol–water partition coefficient (Wildman–Crippen LogP) is 5.15. The average molecular weight is 466 g/mol. The zero-order valence-corrected chi connectivity index (χ0v) is 18.8. The molecule has 2 heterocycles. The first-order valence-corrected chi connectivity index (χ1v) is 10.9. The first-order chi connectivity index (χ1) is 15.4. The van der Waals surface area contributed by atoms with Gasteiger partial charge in [-0.05, 0) is 66.9 Å². The number of aromatic nitrogens is 2. The average Bonchev–Trinajstić information content (AvgIpc) is 2.79. The molecule has 0 saturated carbocycles. The largest absolute Gasteiger partial charge is 0.349 e. The number of carbonyl (C=O) groups excluding carboxylic acids is 1. The second kappa shape index (κ2) is 9.55. The number of hydrogen-bond acceptors (Lipinski definition) is 3. The van der Waals surface area contributed by atoms with Gasteiger partial charge in [0.15, 0.2) is 0 Å². The SMILES string of the molecule is CC(NC(=O)c1ccc2ncccn2c1=O)C(Cc1ccc(Cl)cc1)c1ccc(Cl)cc1. The van der Waals surface area contributed by atoms with E-state index in [1.165, 1.54) is 10.5 Å². The minimum Gasteiger partial charge on any atom is -0.349 e. The summed E-state index contributed by atoms with van der Waals surface area (Å²) >= 11 is 12.1. The predicted molar refractivity (Wildman–Crippen MR) is 128 cm³/mol. The number of carbonyl (C=O) groups is 1. The van der Waals surface area contributed by atoms with Gasteiger partial charge in [-0.2, -0.15) is 0 Å². The van der Waals surface area contributed by atoms with Gasteiger partial charge in [-0.25, -0.2) is 4.98 Å². The van der Waals surface area contributed by atoms with E-state index in [0.717, 1.165) is 11.1 Å². The van der Waals surface area contributed by atoms with Crippen LogP contribution in [-0.2, 0) is 6.42 Å². The Hall–Kier alpha value is -3.15. The highest BCUT2D eigenvalue weighted by molar-refractivity contribution is 6.30. The Balaban J connectivity index is 1.61. The van der Waals surface area contributed by atoms with Crippen molar-refractivity contribution in [3.8, 4) is 0 Å². The van der Waals surface area contributed by atoms with E-state index in [0.29, 0.717) is 22.1 Å². The van der Waals surface area contributed by atoms with Crippen molar-refractivity contribution in [2.45, 2.75) is 25.3 Å². The molecule has 2 atom stereocenters. The summed E-state index contributed by atoms with van der Waals surface area (Å²) in [5.74, 6) is -0.460. The third-order valence-corrected chi connectivity index (χ3v) is 6.00. The minimum atomic E-state index is -0.421. The number of benzene rings is 2. The molecule has 1 N–H and O–H groups in total. The molecule has 162 valence electrons. The normalized spacial score (nSPS) is 13.0. The van der Waals surface area contributed by atoms with Crippen molar-refractivity contribution in [3.63, 3.8) is 0 Å². The van der Waals surface area contributed by atoms with Gasteiger partial charge in [0, 0.05) is 34.4 Å². The van der Waals surface area contributed by atoms with Crippen molar-refractivity contribution in [3.05, 3.63) is 116 Å². The number of nitrogens with zero attached hydrogens (tertiary/aromatic N) is 2. The molecule has 4 aromatic rings. The van der Waals surface area contributed by atoms with Crippen LogP contribution in [0.2, 0.25) is 10.0 Å². The van der Waals surface area contributed by atoms with Crippen LogP contribution < -0.4 is 10.9 Å². The Morgan fingerprint density at radius 1 is 1.00 bits per heavy atom. The molecule has 4 rings (SSSR count). The van der Waals surface area contributed by atoms with E-state index in [9.17, 15) is 9.59 Å². The van der Waals surface area contributed by atoms with Crippen molar-refractivity contribution in [1.29, 1.82) is 0 Å². The van der Waals surface area contributed by atoms with Gasteiger partial charge in [0.2, 0.25) is 0 Å². The molecular weight excluding hydrogens is 445 g/mol. The molecule has 2 aromatic carbocycles. The Morgan fingerprint density at radius 3 is 2.34 bits per heavy atom. The van der Waals surface area contributed by atoms with Crippen LogP contribution in [0.3, 0.4) is 0 Å². The third-order valence-electron chi connectivity index (χ3n) is 5.50. The lowest BCUT2D eigenvalue weighted by Gasteiger charge is -2.26. The van der Waals surface area contributed by atoms with Crippen molar-refractivity contribution in [1.82, 2.24) is 14.7 Å². The zero-order chi connectivity index (χ0) is 22.7. The van der Waals surface area contributed by atoms with Gasteiger partial charge < -0.3 is 5.32 Å². The monoisotopic (exact) mass is 465 g/mol. The zero-order valence-electron chi connectivity index (χ0n) is 17.3. The van der Waals surface area contributed by atoms with E-state index >= 15 is 0 Å². The van der Waals surface area contributed by atoms with E-state index in [2.05, 4.69) is 10.3 Å². The smallest absolute Gasteiger partial charge is 0.269 e. The van der Waals surface area contributed by atoms with Gasteiger partial charge in [-0.3, -0.25) is 14.0 Å². The molecule has 0 radical (unpaired) electrons. The molecule has 0 aliphatic heterocycles. The number of rotatable bonds is 6. The van der Waals surface area contributed by atoms with Gasteiger partial charge >= 0.3 is 0 Å². The van der Waals surface area contributed by atoms with E-state index in [1.54, 1.807) is 24.5 Å². The minimum absolute atomic E-state index is 0.0396. The number of amides is 1. The van der Waals surface area contributed by atoms with Crippen LogP contribution in [0.4, 0.5) is 0 Å². The van der Waals surface area contributed by atoms with Crippen LogP contribution in [-0.4, -0.2) is 21.3 Å². The van der Waals surface area contributed by atoms with Crippen molar-refractivity contribution >= 4 is 34.8 Å². The van der Waals surface area contributed by atoms with Crippen LogP contribution in [0, 0.1) is 0 Å². The van der Waals surface area contributed by atoms with E-state index in [-0.39, 0.29) is 17.5 Å². The van der Waals surface area contributed by atoms with Crippen LogP contribution in [0.5, 0.6) is 0 Å². The lowest BCUT2D eigenvalue weighted by molar-refractivity contribution is 0.0932. The molecule has 2 unspecified atom stereocenters. The summed E-state index contributed by atoms with van der Waals surface area (Å²) in [7, 11) is 0. The lowest BCUT2D eigenvalue weighted by Crippen LogP contribution is -2.40. The fourth-order valence-corrected chi connectivity index (χ4v) is 4.01. The maximum Gasteiger partial charge on any atom is 0.269 e. The number of fused-ring (bicyclic) bond motifs is 1. The molecule has 0 bridgehead atoms. The summed E-state index contributed by atoms with van der Waals surface area (Å²) in [6.07, 6.45) is 3.88. The van der Waals surface area contributed by atoms with Crippen LogP contribution in [0.25, 0.3) is 5.65 Å². The fourth-order valence-electron chi connectivity index (χ4n) is 3.76. The van der Waals surface area contributed by atoms with E-state index in [1.807, 2.05) is 55.5 Å². The Bertz CT molecular complexity index is 1300. The van der Waals surface area contributed by atoms with E-state index < -0.39 is 11.5 Å². The number of hydrogen-bond donors (Lipinski definition) is 1. The van der Waals surface area contributed by atoms with Crippen LogP contribution in [0.1, 0.15) is 34.3 Å². The second-order valence-corrected chi connectivity index (χ2v) is 8.52. The number of nitrogens with one attached hydrogen (secondary N) is 1. The molecule has 0 fully saturated rings. The lowest BCUT2D eigenvalue weighted by atomic mass is 9.86. The summed E-state index contributed by atoms with van der Waals surface area (Å²) in [6.45, 7) is 1.94. The van der Waals surface area contributed by atoms with Gasteiger partial charge in [0.05, 0.1) is 0 Å². The Kier molecular flexibility index (Phi) is 6.58. The highest BCUT2D eigenvalue weighted by Crippen LogP contribution is 2.27. The molecular formula is C25H21Cl2N3O2. The summed E-state index contributed by atoms with van der Waals surface area (Å²) in [6, 6.07) is 19.8. The maximum absolute atomic E-state index is 13.0. The van der Waals surface area contributed by atoms with Gasteiger partial charge in [0.25, 0.3) is 11.5 Å². The molecule has 0 spiro atoms. The summed E-state index contributed by atoms with van der Waals surface area (Å²) in [5.41, 5.74) is 2.29. The Morgan fingerprint density at radius 2 is 1.66 bits per heavy atom. The molecule has 2 aromatic heterocycles. The van der Waals surface area contributed by atoms with Gasteiger partial charge in [-0.15, -0.1) is 0 Å². The summed E-state index contributed by atoms with van der Waals surface area (Å²) < 4.78 is 1.37. The molecule has 0 saturated heterocycles. The molecule has 0 aliphatic rings. The van der Waals surface area contributed by atoms with Crippen LogP contribution in [0.15, 0.2) is 83.9 Å². The molecule has 0 aliphatic carbocycles. The number of pyridine rings is 1. The summed E-state index contributed by atoms with van der Waals surface area (Å²) in [4.78, 5) is 30.0. The Labute approximate surface area is 195 Å². The van der Waals surface area contributed by atoms with Gasteiger partial charge in [-0.1, -0.05) is 47.5 Å². The quantitative estimate of drug-likeness (QED) is 0.428. The highest BCUT2D eigenvalue weighted by atomic mass is 35.5. The maximum atomic E-state index is 13.0. The second-order valence-electron chi connectivity index (χ2n) is 7.65. The van der Waals surface area contributed by atoms with Crippen molar-refractivity contribution in [2.24, 2.45) is 0 Å². The molecule has 1 amide bonds. The molecule has 7 heteroatoms. The van der Waals surface area contributed by atoms with E-state index in [4.69, 9.17) is 23.2 Å². The first kappa shape index (κ1) is 22.1. The van der Waals surface area contributed by atoms with Crippen molar-refractivity contribution in [2.75, 3.05) is 0 Å². The first-order valence-electron chi connectivity index (χ1n) is 10.2. The topological polar surface area (TPSA) is 63.5 Å². The fraction of sp³-hybridized carbons (Fsp3) is 0.160. The number of halogens is 2. The van der Waals surface area contributed by atoms with Gasteiger partial charge in [0.1, 0.15) is 11.2 Å². The standard InChI is InChI=1S/C25H21Cl2N3O2/c1-16(29-24(31)21-11-12-23-28-13-2-14-30(23)25(21)32)22(18-5-9-20(27)10-6-18)15-17-3-7-19(26)8-4-17/h2-14,16,22H,15H2,1H3,(H,29,31). The molecule has 5 nitrogen and oxygen atoms in total. The highest BCUT2D eigenvalue weighted by Gasteiger charge is 2.23.